The van der Waals surface area contributed by atoms with E-state index in [0.29, 0.717) is 44.6 Å². The highest BCUT2D eigenvalue weighted by atomic mass is 32.2. The summed E-state index contributed by atoms with van der Waals surface area (Å²) in [5.74, 6) is -0.118. The number of carbonyl (C=O) groups excluding carboxylic acids is 2. The molecule has 0 aromatic heterocycles. The molecule has 2 aliphatic rings. The minimum Gasteiger partial charge on any atom is -0.450 e. The number of fused-ring (bicyclic) bond motifs is 1. The van der Waals surface area contributed by atoms with Crippen molar-refractivity contribution in [3.63, 3.8) is 0 Å². The lowest BCUT2D eigenvalue weighted by Crippen LogP contribution is -2.46. The molecule has 0 radical (unpaired) electrons. The van der Waals surface area contributed by atoms with Crippen molar-refractivity contribution in [3.8, 4) is 0 Å². The highest BCUT2D eigenvalue weighted by Gasteiger charge is 2.28. The number of hydrogen-bond acceptors (Lipinski definition) is 6. The summed E-state index contributed by atoms with van der Waals surface area (Å²) >= 11 is 1.55. The van der Waals surface area contributed by atoms with Crippen LogP contribution in [0.3, 0.4) is 0 Å². The summed E-state index contributed by atoms with van der Waals surface area (Å²) in [5.41, 5.74) is 0.527. The molecule has 0 aliphatic carbocycles. The fourth-order valence-electron chi connectivity index (χ4n) is 3.28. The molecule has 2 aliphatic heterocycles. The van der Waals surface area contributed by atoms with Gasteiger partial charge in [0.1, 0.15) is 0 Å². The summed E-state index contributed by atoms with van der Waals surface area (Å²) in [7, 11) is -3.73. The zero-order chi connectivity index (χ0) is 20.3. The molecule has 1 saturated heterocycles. The van der Waals surface area contributed by atoms with Crippen LogP contribution in [0.5, 0.6) is 0 Å². The van der Waals surface area contributed by atoms with Crippen LogP contribution in [-0.4, -0.2) is 56.3 Å². The van der Waals surface area contributed by atoms with Gasteiger partial charge in [-0.25, -0.2) is 17.9 Å². The minimum absolute atomic E-state index is 0.118. The van der Waals surface area contributed by atoms with E-state index in [1.807, 2.05) is 6.92 Å². The van der Waals surface area contributed by atoms with Gasteiger partial charge in [0, 0.05) is 35.7 Å². The van der Waals surface area contributed by atoms with E-state index in [1.54, 1.807) is 35.7 Å². The summed E-state index contributed by atoms with van der Waals surface area (Å²) in [6.45, 7) is 4.92. The van der Waals surface area contributed by atoms with Crippen LogP contribution >= 0.6 is 11.8 Å². The lowest BCUT2D eigenvalue weighted by molar-refractivity contribution is -0.116. The van der Waals surface area contributed by atoms with Crippen molar-refractivity contribution in [3.05, 3.63) is 18.2 Å². The minimum atomic E-state index is -3.73. The van der Waals surface area contributed by atoms with Gasteiger partial charge in [-0.3, -0.25) is 4.79 Å². The summed E-state index contributed by atoms with van der Waals surface area (Å²) < 4.78 is 33.3. The van der Waals surface area contributed by atoms with Gasteiger partial charge in [-0.1, -0.05) is 6.92 Å². The third-order valence-corrected chi connectivity index (χ3v) is 7.38. The van der Waals surface area contributed by atoms with Crippen molar-refractivity contribution in [1.82, 2.24) is 9.62 Å². The Bertz CT molecular complexity index is 851. The maximum absolute atomic E-state index is 12.8. The Hall–Kier alpha value is -1.78. The van der Waals surface area contributed by atoms with Gasteiger partial charge in [-0.15, -0.1) is 11.8 Å². The van der Waals surface area contributed by atoms with Crippen LogP contribution in [0, 0.1) is 0 Å². The number of likely N-dealkylation sites (tertiary alicyclic amines) is 1. The summed E-state index contributed by atoms with van der Waals surface area (Å²) in [6, 6.07) is 4.55. The van der Waals surface area contributed by atoms with Crippen LogP contribution in [0.1, 0.15) is 33.1 Å². The number of nitrogens with zero attached hydrogens (tertiary/aromatic N) is 1. The summed E-state index contributed by atoms with van der Waals surface area (Å²) in [5, 5.41) is 2.92. The maximum atomic E-state index is 12.8. The van der Waals surface area contributed by atoms with Crippen LogP contribution in [-0.2, 0) is 19.6 Å². The maximum Gasteiger partial charge on any atom is 0.409 e. The summed E-state index contributed by atoms with van der Waals surface area (Å²) in [4.78, 5) is 26.3. The molecule has 2 amide bonds. The molecule has 28 heavy (non-hydrogen) atoms. The van der Waals surface area contributed by atoms with Gasteiger partial charge < -0.3 is 15.0 Å². The Morgan fingerprint density at radius 2 is 2.07 bits per heavy atom. The number of anilines is 1. The Morgan fingerprint density at radius 1 is 1.36 bits per heavy atom. The molecule has 0 bridgehead atoms. The smallest absolute Gasteiger partial charge is 0.409 e. The predicted molar refractivity (Wildman–Crippen MR) is 107 cm³/mol. The Morgan fingerprint density at radius 3 is 2.75 bits per heavy atom. The molecule has 10 heteroatoms. The number of benzene rings is 1. The lowest BCUT2D eigenvalue weighted by Gasteiger charge is -2.31. The van der Waals surface area contributed by atoms with E-state index < -0.39 is 10.0 Å². The highest BCUT2D eigenvalue weighted by Crippen LogP contribution is 2.36. The first-order valence-corrected chi connectivity index (χ1v) is 11.7. The van der Waals surface area contributed by atoms with E-state index in [1.165, 1.54) is 6.07 Å². The number of amides is 2. The number of sulfonamides is 1. The normalized spacial score (nSPS) is 20.9. The molecule has 0 spiro atoms. The van der Waals surface area contributed by atoms with Crippen molar-refractivity contribution in [2.75, 3.05) is 25.0 Å². The predicted octanol–water partition coefficient (Wildman–Crippen LogP) is 2.41. The van der Waals surface area contributed by atoms with E-state index in [2.05, 4.69) is 10.0 Å². The second kappa shape index (κ2) is 8.71. The van der Waals surface area contributed by atoms with Gasteiger partial charge in [-0.2, -0.15) is 0 Å². The standard InChI is InChI=1S/C18H25N3O5S2/c1-3-26-18(23)21-8-6-13(7-9-21)20-28(24,25)14-4-5-16-15(11-14)19-17(22)10-12(2)27-16/h4-5,11-13,20H,3,6-10H2,1-2H3,(H,19,22). The molecular weight excluding hydrogens is 402 g/mol. The zero-order valence-corrected chi connectivity index (χ0v) is 17.6. The molecule has 1 aromatic carbocycles. The van der Waals surface area contributed by atoms with Crippen LogP contribution in [0.4, 0.5) is 10.5 Å². The number of nitrogens with one attached hydrogen (secondary N) is 2. The van der Waals surface area contributed by atoms with Crippen molar-refractivity contribution in [2.45, 2.75) is 54.2 Å². The molecule has 3 rings (SSSR count). The van der Waals surface area contributed by atoms with Gasteiger partial charge in [0.25, 0.3) is 0 Å². The molecule has 8 nitrogen and oxygen atoms in total. The van der Waals surface area contributed by atoms with E-state index >= 15 is 0 Å². The second-order valence-corrected chi connectivity index (χ2v) is 10.1. The first kappa shape index (κ1) is 20.9. The average molecular weight is 428 g/mol. The Balaban J connectivity index is 1.67. The first-order valence-electron chi connectivity index (χ1n) is 9.33. The molecular formula is C18H25N3O5S2. The number of carbonyl (C=O) groups is 2. The van der Waals surface area contributed by atoms with E-state index in [-0.39, 0.29) is 28.2 Å². The molecule has 1 aromatic rings. The zero-order valence-electron chi connectivity index (χ0n) is 15.9. The van der Waals surface area contributed by atoms with Crippen LogP contribution in [0.25, 0.3) is 0 Å². The monoisotopic (exact) mass is 427 g/mol. The second-order valence-electron chi connectivity index (χ2n) is 6.92. The number of hydrogen-bond donors (Lipinski definition) is 2. The van der Waals surface area contributed by atoms with E-state index in [0.717, 1.165) is 4.90 Å². The van der Waals surface area contributed by atoms with Gasteiger partial charge in [0.05, 0.1) is 17.2 Å². The highest BCUT2D eigenvalue weighted by molar-refractivity contribution is 8.00. The first-order chi connectivity index (χ1) is 13.3. The molecule has 154 valence electrons. The van der Waals surface area contributed by atoms with Gasteiger partial charge in [0.15, 0.2) is 0 Å². The molecule has 1 unspecified atom stereocenters. The van der Waals surface area contributed by atoms with Crippen molar-refractivity contribution >= 4 is 39.5 Å². The SMILES string of the molecule is CCOC(=O)N1CCC(NS(=O)(=O)c2ccc3c(c2)NC(=O)CC(C)S3)CC1. The fourth-order valence-corrected chi connectivity index (χ4v) is 5.66. The third-order valence-electron chi connectivity index (χ3n) is 4.68. The van der Waals surface area contributed by atoms with E-state index in [9.17, 15) is 18.0 Å². The quantitative estimate of drug-likeness (QED) is 0.765. The molecule has 2 N–H and O–H groups in total. The third kappa shape index (κ3) is 4.98. The van der Waals surface area contributed by atoms with Crippen molar-refractivity contribution < 1.29 is 22.7 Å². The van der Waals surface area contributed by atoms with Crippen molar-refractivity contribution in [2.24, 2.45) is 0 Å². The summed E-state index contributed by atoms with van der Waals surface area (Å²) in [6.07, 6.45) is 1.07. The van der Waals surface area contributed by atoms with Gasteiger partial charge >= 0.3 is 6.09 Å². The largest absolute Gasteiger partial charge is 0.450 e. The molecule has 1 fully saturated rings. The number of ether oxygens (including phenoxy) is 1. The fraction of sp³-hybridized carbons (Fsp3) is 0.556. The van der Waals surface area contributed by atoms with Crippen molar-refractivity contribution in [1.29, 1.82) is 0 Å². The van der Waals surface area contributed by atoms with Gasteiger partial charge in [0.2, 0.25) is 15.9 Å². The number of thioether (sulfide) groups is 1. The molecule has 2 heterocycles. The van der Waals surface area contributed by atoms with Crippen LogP contribution in [0.15, 0.2) is 28.0 Å². The lowest BCUT2D eigenvalue weighted by atomic mass is 10.1. The topological polar surface area (TPSA) is 105 Å². The average Bonchev–Trinajstić information content (AvgIpc) is 2.77. The Kier molecular flexibility index (Phi) is 6.51. The number of rotatable bonds is 4. The van der Waals surface area contributed by atoms with Gasteiger partial charge in [-0.05, 0) is 38.0 Å². The van der Waals surface area contributed by atoms with E-state index in [4.69, 9.17) is 4.74 Å². The van der Waals surface area contributed by atoms with Crippen LogP contribution in [0.2, 0.25) is 0 Å². The molecule has 1 atom stereocenters. The van der Waals surface area contributed by atoms with Crippen LogP contribution < -0.4 is 10.0 Å². The Labute approximate surface area is 169 Å². The molecule has 0 saturated carbocycles. The number of piperidine rings is 1.